The van der Waals surface area contributed by atoms with Gasteiger partial charge in [0.15, 0.2) is 11.6 Å². The zero-order valence-electron chi connectivity index (χ0n) is 19.6. The van der Waals surface area contributed by atoms with E-state index in [-0.39, 0.29) is 5.54 Å². The molecule has 2 spiro atoms. The van der Waals surface area contributed by atoms with Crippen LogP contribution in [-0.2, 0) is 4.74 Å². The standard InChI is InChI=1S/C25H33N5O2S/c1-18-13-24(16-31-18)8-11-30(12-9-24)20-14-28-21(15-27-20)33-19-5-10-26-23-22(19)32-17-25(29(23)2)6-3-4-7-25/h5,10,14-15,18H,3-4,6-9,11-13,16-17H2,1-2H3/t18-/m0/s1. The summed E-state index contributed by atoms with van der Waals surface area (Å²) < 4.78 is 12.2. The quantitative estimate of drug-likeness (QED) is 0.651. The Morgan fingerprint density at radius 2 is 1.85 bits per heavy atom. The number of likely N-dealkylation sites (N-methyl/N-ethyl adjacent to an activating group) is 1. The molecule has 0 N–H and O–H groups in total. The molecule has 4 aliphatic rings. The third-order valence-electron chi connectivity index (χ3n) is 8.27. The van der Waals surface area contributed by atoms with Crippen LogP contribution in [0.4, 0.5) is 11.6 Å². The minimum atomic E-state index is 0.112. The molecule has 5 heterocycles. The molecule has 0 bridgehead atoms. The van der Waals surface area contributed by atoms with Gasteiger partial charge in [-0.05, 0) is 50.5 Å². The largest absolute Gasteiger partial charge is 0.486 e. The summed E-state index contributed by atoms with van der Waals surface area (Å²) >= 11 is 1.61. The molecule has 3 fully saturated rings. The van der Waals surface area contributed by atoms with Crippen molar-refractivity contribution in [2.45, 2.75) is 73.4 Å². The fourth-order valence-electron chi connectivity index (χ4n) is 6.16. The van der Waals surface area contributed by atoms with Crippen LogP contribution in [0.1, 0.15) is 51.9 Å². The summed E-state index contributed by atoms with van der Waals surface area (Å²) in [4.78, 5) is 19.9. The number of nitrogens with zero attached hydrogens (tertiary/aromatic N) is 5. The highest BCUT2D eigenvalue weighted by molar-refractivity contribution is 7.99. The molecule has 7 nitrogen and oxygen atoms in total. The van der Waals surface area contributed by atoms with E-state index in [9.17, 15) is 0 Å². The second-order valence-electron chi connectivity index (χ2n) is 10.4. The van der Waals surface area contributed by atoms with Crippen molar-refractivity contribution < 1.29 is 9.47 Å². The summed E-state index contributed by atoms with van der Waals surface area (Å²) in [6, 6.07) is 2.02. The van der Waals surface area contributed by atoms with Gasteiger partial charge in [0.2, 0.25) is 0 Å². The Morgan fingerprint density at radius 1 is 1.03 bits per heavy atom. The molecule has 1 aliphatic carbocycles. The van der Waals surface area contributed by atoms with Crippen molar-refractivity contribution in [3.8, 4) is 5.75 Å². The zero-order valence-corrected chi connectivity index (χ0v) is 20.4. The van der Waals surface area contributed by atoms with E-state index < -0.39 is 0 Å². The molecule has 0 aromatic carbocycles. The Morgan fingerprint density at radius 3 is 2.55 bits per heavy atom. The maximum absolute atomic E-state index is 6.32. The third kappa shape index (κ3) is 3.85. The van der Waals surface area contributed by atoms with Crippen LogP contribution in [-0.4, -0.2) is 59.9 Å². The molecule has 2 aromatic heterocycles. The van der Waals surface area contributed by atoms with Crippen molar-refractivity contribution in [2.75, 3.05) is 43.2 Å². The third-order valence-corrected chi connectivity index (χ3v) is 9.23. The summed E-state index contributed by atoms with van der Waals surface area (Å²) in [7, 11) is 2.17. The number of rotatable bonds is 3. The lowest BCUT2D eigenvalue weighted by Crippen LogP contribution is -2.52. The Labute approximate surface area is 200 Å². The number of aromatic nitrogens is 3. The molecule has 33 heavy (non-hydrogen) atoms. The van der Waals surface area contributed by atoms with E-state index in [1.54, 1.807) is 11.8 Å². The van der Waals surface area contributed by atoms with E-state index >= 15 is 0 Å². The second kappa shape index (κ2) is 8.31. The van der Waals surface area contributed by atoms with Crippen LogP contribution < -0.4 is 14.5 Å². The van der Waals surface area contributed by atoms with Gasteiger partial charge in [-0.15, -0.1) is 0 Å². The number of ether oxygens (including phenoxy) is 2. The van der Waals surface area contributed by atoms with Gasteiger partial charge in [0.1, 0.15) is 17.5 Å². The number of fused-ring (bicyclic) bond motifs is 1. The summed E-state index contributed by atoms with van der Waals surface area (Å²) in [5, 5.41) is 0.881. The monoisotopic (exact) mass is 467 g/mol. The van der Waals surface area contributed by atoms with Gasteiger partial charge in [0, 0.05) is 26.3 Å². The highest BCUT2D eigenvalue weighted by Crippen LogP contribution is 2.48. The van der Waals surface area contributed by atoms with Crippen molar-refractivity contribution in [2.24, 2.45) is 5.41 Å². The Kier molecular flexibility index (Phi) is 5.41. The number of anilines is 2. The van der Waals surface area contributed by atoms with Crippen molar-refractivity contribution in [3.63, 3.8) is 0 Å². The normalized spacial score (nSPS) is 25.5. The molecular formula is C25H33N5O2S. The topological polar surface area (TPSA) is 63.6 Å². The van der Waals surface area contributed by atoms with Gasteiger partial charge in [-0.1, -0.05) is 24.6 Å². The lowest BCUT2D eigenvalue weighted by atomic mass is 9.77. The highest BCUT2D eigenvalue weighted by Gasteiger charge is 2.44. The van der Waals surface area contributed by atoms with E-state index in [4.69, 9.17) is 19.4 Å². The van der Waals surface area contributed by atoms with E-state index in [0.717, 1.165) is 53.6 Å². The van der Waals surface area contributed by atoms with Crippen molar-refractivity contribution >= 4 is 23.4 Å². The molecule has 0 radical (unpaired) electrons. The van der Waals surface area contributed by atoms with Gasteiger partial charge in [0.05, 0.1) is 35.5 Å². The van der Waals surface area contributed by atoms with Crippen LogP contribution in [0, 0.1) is 5.41 Å². The van der Waals surface area contributed by atoms with E-state index in [1.807, 2.05) is 24.7 Å². The molecule has 0 amide bonds. The molecule has 1 atom stereocenters. The number of hydrogen-bond acceptors (Lipinski definition) is 8. The van der Waals surface area contributed by atoms with Gasteiger partial charge in [-0.3, -0.25) is 0 Å². The van der Waals surface area contributed by atoms with Crippen LogP contribution >= 0.6 is 11.8 Å². The fourth-order valence-corrected chi connectivity index (χ4v) is 6.97. The van der Waals surface area contributed by atoms with Crippen LogP contribution in [0.5, 0.6) is 5.75 Å². The van der Waals surface area contributed by atoms with Gasteiger partial charge in [-0.25, -0.2) is 15.0 Å². The average Bonchev–Trinajstić information content (AvgIpc) is 3.45. The van der Waals surface area contributed by atoms with Crippen molar-refractivity contribution in [1.82, 2.24) is 15.0 Å². The summed E-state index contributed by atoms with van der Waals surface area (Å²) in [6.07, 6.45) is 14.5. The predicted octanol–water partition coefficient (Wildman–Crippen LogP) is 4.56. The maximum Gasteiger partial charge on any atom is 0.175 e. The molecule has 8 heteroatoms. The first-order chi connectivity index (χ1) is 16.1. The van der Waals surface area contributed by atoms with Crippen LogP contribution in [0.2, 0.25) is 0 Å². The molecule has 2 saturated heterocycles. The molecule has 3 aliphatic heterocycles. The van der Waals surface area contributed by atoms with Gasteiger partial charge in [0.25, 0.3) is 0 Å². The maximum atomic E-state index is 6.32. The zero-order chi connectivity index (χ0) is 22.5. The average molecular weight is 468 g/mol. The minimum absolute atomic E-state index is 0.112. The minimum Gasteiger partial charge on any atom is -0.486 e. The van der Waals surface area contributed by atoms with Crippen molar-refractivity contribution in [3.05, 3.63) is 24.7 Å². The van der Waals surface area contributed by atoms with E-state index in [0.29, 0.717) is 11.5 Å². The molecule has 0 unspecified atom stereocenters. The Balaban J connectivity index is 1.14. The Bertz CT molecular complexity index is 1000. The smallest absolute Gasteiger partial charge is 0.175 e. The lowest BCUT2D eigenvalue weighted by Gasteiger charge is -2.44. The van der Waals surface area contributed by atoms with E-state index in [2.05, 4.69) is 28.8 Å². The lowest BCUT2D eigenvalue weighted by molar-refractivity contribution is 0.0976. The first kappa shape index (κ1) is 21.5. The summed E-state index contributed by atoms with van der Waals surface area (Å²) in [5.74, 6) is 2.80. The van der Waals surface area contributed by atoms with Gasteiger partial charge < -0.3 is 19.3 Å². The molecule has 1 saturated carbocycles. The first-order valence-electron chi connectivity index (χ1n) is 12.3. The van der Waals surface area contributed by atoms with Crippen LogP contribution in [0.3, 0.4) is 0 Å². The van der Waals surface area contributed by atoms with E-state index in [1.165, 1.54) is 44.9 Å². The van der Waals surface area contributed by atoms with Crippen LogP contribution in [0.25, 0.3) is 0 Å². The number of hydrogen-bond donors (Lipinski definition) is 0. The fraction of sp³-hybridized carbons (Fsp3) is 0.640. The van der Waals surface area contributed by atoms with Gasteiger partial charge >= 0.3 is 0 Å². The number of piperidine rings is 1. The molecule has 176 valence electrons. The van der Waals surface area contributed by atoms with Gasteiger partial charge in [-0.2, -0.15) is 0 Å². The Hall–Kier alpha value is -2.06. The number of pyridine rings is 1. The first-order valence-corrected chi connectivity index (χ1v) is 13.1. The highest BCUT2D eigenvalue weighted by atomic mass is 32.2. The van der Waals surface area contributed by atoms with Crippen molar-refractivity contribution in [1.29, 1.82) is 0 Å². The molecular weight excluding hydrogens is 434 g/mol. The molecule has 6 rings (SSSR count). The second-order valence-corrected chi connectivity index (χ2v) is 11.4. The van der Waals surface area contributed by atoms with Crippen LogP contribution in [0.15, 0.2) is 34.6 Å². The SMILES string of the molecule is C[C@H]1CC2(CCN(c3cnc(Sc4ccnc5c4OCC4(CCCC4)N5C)cn3)CC2)CO1. The molecule has 2 aromatic rings. The summed E-state index contributed by atoms with van der Waals surface area (Å²) in [5.41, 5.74) is 0.490. The predicted molar refractivity (Wildman–Crippen MR) is 129 cm³/mol. The summed E-state index contributed by atoms with van der Waals surface area (Å²) in [6.45, 7) is 5.89.